The molecule has 3 heteroatoms. The first kappa shape index (κ1) is 12.9. The number of rotatable bonds is 3. The van der Waals surface area contributed by atoms with Crippen LogP contribution >= 0.6 is 0 Å². The van der Waals surface area contributed by atoms with Crippen LogP contribution in [-0.2, 0) is 4.74 Å². The minimum absolute atomic E-state index is 0.258. The van der Waals surface area contributed by atoms with Crippen LogP contribution in [0.3, 0.4) is 0 Å². The van der Waals surface area contributed by atoms with Crippen LogP contribution in [-0.4, -0.2) is 48.8 Å². The Hall–Kier alpha value is -0.120. The van der Waals surface area contributed by atoms with Crippen LogP contribution in [0.4, 0.5) is 0 Å². The van der Waals surface area contributed by atoms with Crippen molar-refractivity contribution in [2.45, 2.75) is 51.1 Å². The van der Waals surface area contributed by atoms with Gasteiger partial charge in [0.05, 0.1) is 6.61 Å². The van der Waals surface area contributed by atoms with Crippen molar-refractivity contribution in [1.29, 1.82) is 0 Å². The third-order valence-electron chi connectivity index (χ3n) is 5.19. The van der Waals surface area contributed by atoms with Crippen molar-refractivity contribution in [3.05, 3.63) is 0 Å². The molecule has 2 heterocycles. The number of nitrogens with one attached hydrogen (secondary N) is 1. The summed E-state index contributed by atoms with van der Waals surface area (Å²) < 4.78 is 5.55. The molecule has 3 rings (SSSR count). The molecule has 0 amide bonds. The summed E-state index contributed by atoms with van der Waals surface area (Å²) in [6, 6.07) is 0. The second kappa shape index (κ2) is 4.46. The summed E-state index contributed by atoms with van der Waals surface area (Å²) in [5.41, 5.74) is 0.645. The van der Waals surface area contributed by atoms with Crippen molar-refractivity contribution in [2.24, 2.45) is 11.8 Å². The molecule has 2 unspecified atom stereocenters. The minimum atomic E-state index is 0.258. The molecular weight excluding hydrogens is 224 g/mol. The summed E-state index contributed by atoms with van der Waals surface area (Å²) >= 11 is 0. The minimum Gasteiger partial charge on any atom is -0.381 e. The first-order chi connectivity index (χ1) is 8.50. The lowest BCUT2D eigenvalue weighted by molar-refractivity contribution is -0.000604. The van der Waals surface area contributed by atoms with E-state index in [0.717, 1.165) is 31.6 Å². The predicted molar refractivity (Wildman–Crippen MR) is 73.7 cm³/mol. The predicted octanol–water partition coefficient (Wildman–Crippen LogP) is 1.88. The summed E-state index contributed by atoms with van der Waals surface area (Å²) in [4.78, 5) is 2.78. The largest absolute Gasteiger partial charge is 0.381 e. The average molecular weight is 252 g/mol. The molecule has 18 heavy (non-hydrogen) atoms. The fraction of sp³-hybridized carbons (Fsp3) is 1.00. The van der Waals surface area contributed by atoms with E-state index in [4.69, 9.17) is 4.74 Å². The van der Waals surface area contributed by atoms with Gasteiger partial charge in [0.25, 0.3) is 0 Å². The summed E-state index contributed by atoms with van der Waals surface area (Å²) in [5, 5.41) is 3.75. The molecule has 0 bridgehead atoms. The van der Waals surface area contributed by atoms with Gasteiger partial charge in [0.15, 0.2) is 0 Å². The topological polar surface area (TPSA) is 24.5 Å². The zero-order chi connectivity index (χ0) is 12.8. The zero-order valence-electron chi connectivity index (χ0n) is 12.2. The molecule has 0 radical (unpaired) electrons. The fourth-order valence-corrected chi connectivity index (χ4v) is 3.66. The molecule has 1 saturated carbocycles. The Labute approximate surface area is 111 Å². The molecule has 0 aromatic rings. The molecule has 1 aliphatic carbocycles. The first-order valence-corrected chi connectivity index (χ1v) is 7.57. The second-order valence-corrected chi connectivity index (χ2v) is 7.48. The molecule has 2 aliphatic heterocycles. The van der Waals surface area contributed by atoms with Gasteiger partial charge >= 0.3 is 0 Å². The molecular formula is C15H28N2O. The molecule has 2 saturated heterocycles. The normalized spacial score (nSPS) is 41.2. The van der Waals surface area contributed by atoms with Crippen LogP contribution < -0.4 is 5.32 Å². The molecule has 3 nitrogen and oxygen atoms in total. The molecule has 104 valence electrons. The Morgan fingerprint density at radius 3 is 2.61 bits per heavy atom. The van der Waals surface area contributed by atoms with Gasteiger partial charge in [-0.1, -0.05) is 0 Å². The van der Waals surface area contributed by atoms with Crippen molar-refractivity contribution in [1.82, 2.24) is 10.2 Å². The van der Waals surface area contributed by atoms with Crippen molar-refractivity contribution < 1.29 is 4.74 Å². The van der Waals surface area contributed by atoms with Gasteiger partial charge in [0, 0.05) is 37.3 Å². The van der Waals surface area contributed by atoms with E-state index in [2.05, 4.69) is 31.0 Å². The van der Waals surface area contributed by atoms with Crippen LogP contribution in [0.5, 0.6) is 0 Å². The Morgan fingerprint density at radius 2 is 2.00 bits per heavy atom. The Bertz CT molecular complexity index is 308. The van der Waals surface area contributed by atoms with Crippen molar-refractivity contribution in [3.8, 4) is 0 Å². The van der Waals surface area contributed by atoms with Gasteiger partial charge < -0.3 is 10.1 Å². The van der Waals surface area contributed by atoms with Gasteiger partial charge in [-0.3, -0.25) is 4.90 Å². The average Bonchev–Trinajstić information content (AvgIpc) is 3.04. The third-order valence-corrected chi connectivity index (χ3v) is 5.19. The van der Waals surface area contributed by atoms with Gasteiger partial charge in [-0.05, 0) is 51.9 Å². The van der Waals surface area contributed by atoms with E-state index in [1.165, 1.54) is 32.4 Å². The van der Waals surface area contributed by atoms with Crippen molar-refractivity contribution in [3.63, 3.8) is 0 Å². The summed E-state index contributed by atoms with van der Waals surface area (Å²) in [7, 11) is 0. The van der Waals surface area contributed by atoms with Crippen LogP contribution in [0.2, 0.25) is 0 Å². The smallest absolute Gasteiger partial charge is 0.0507 e. The number of nitrogens with zero attached hydrogens (tertiary/aromatic N) is 1. The Kier molecular flexibility index (Phi) is 3.20. The standard InChI is InChI=1S/C15H28N2O/c1-14(2)11-17(8-12-6-7-18-9-12)15(3,10-16-14)13-4-5-13/h12-13,16H,4-11H2,1-3H3. The zero-order valence-corrected chi connectivity index (χ0v) is 12.2. The lowest BCUT2D eigenvalue weighted by atomic mass is 9.85. The molecule has 0 aromatic heterocycles. The third kappa shape index (κ3) is 2.45. The Balaban J connectivity index is 1.71. The number of piperazine rings is 1. The SMILES string of the molecule is CC1(C)CN(CC2CCOC2)C(C)(C2CC2)CN1. The van der Waals surface area contributed by atoms with Gasteiger partial charge in [-0.25, -0.2) is 0 Å². The van der Waals surface area contributed by atoms with Crippen LogP contribution in [0.15, 0.2) is 0 Å². The molecule has 1 N–H and O–H groups in total. The van der Waals surface area contributed by atoms with E-state index >= 15 is 0 Å². The van der Waals surface area contributed by atoms with Gasteiger partial charge in [0.2, 0.25) is 0 Å². The number of hydrogen-bond acceptors (Lipinski definition) is 3. The molecule has 2 atom stereocenters. The van der Waals surface area contributed by atoms with E-state index < -0.39 is 0 Å². The molecule has 0 aromatic carbocycles. The van der Waals surface area contributed by atoms with Gasteiger partial charge in [0.1, 0.15) is 0 Å². The highest BCUT2D eigenvalue weighted by molar-refractivity contribution is 5.07. The molecule has 0 spiro atoms. The molecule has 3 fully saturated rings. The maximum Gasteiger partial charge on any atom is 0.0507 e. The van der Waals surface area contributed by atoms with Crippen LogP contribution in [0.25, 0.3) is 0 Å². The monoisotopic (exact) mass is 252 g/mol. The lowest BCUT2D eigenvalue weighted by Gasteiger charge is -2.52. The first-order valence-electron chi connectivity index (χ1n) is 7.57. The highest BCUT2D eigenvalue weighted by atomic mass is 16.5. The number of hydrogen-bond donors (Lipinski definition) is 1. The van der Waals surface area contributed by atoms with Gasteiger partial charge in [-0.2, -0.15) is 0 Å². The summed E-state index contributed by atoms with van der Waals surface area (Å²) in [6.45, 7) is 12.6. The lowest BCUT2D eigenvalue weighted by Crippen LogP contribution is -2.68. The highest BCUT2D eigenvalue weighted by Gasteiger charge is 2.50. The number of ether oxygens (including phenoxy) is 1. The quantitative estimate of drug-likeness (QED) is 0.830. The Morgan fingerprint density at radius 1 is 1.22 bits per heavy atom. The summed E-state index contributed by atoms with van der Waals surface area (Å²) in [5.74, 6) is 1.68. The molecule has 3 aliphatic rings. The van der Waals surface area contributed by atoms with Crippen LogP contribution in [0, 0.1) is 11.8 Å². The van der Waals surface area contributed by atoms with E-state index in [0.29, 0.717) is 5.54 Å². The van der Waals surface area contributed by atoms with Crippen LogP contribution in [0.1, 0.15) is 40.0 Å². The maximum absolute atomic E-state index is 5.55. The highest BCUT2D eigenvalue weighted by Crippen LogP contribution is 2.45. The van der Waals surface area contributed by atoms with E-state index in [-0.39, 0.29) is 5.54 Å². The van der Waals surface area contributed by atoms with E-state index in [9.17, 15) is 0 Å². The maximum atomic E-state index is 5.55. The summed E-state index contributed by atoms with van der Waals surface area (Å²) in [6.07, 6.45) is 4.11. The fourth-order valence-electron chi connectivity index (χ4n) is 3.66. The van der Waals surface area contributed by atoms with Crippen molar-refractivity contribution in [2.75, 3.05) is 32.8 Å². The van der Waals surface area contributed by atoms with Crippen molar-refractivity contribution >= 4 is 0 Å². The van der Waals surface area contributed by atoms with Gasteiger partial charge in [-0.15, -0.1) is 0 Å². The van der Waals surface area contributed by atoms with E-state index in [1.54, 1.807) is 0 Å². The van der Waals surface area contributed by atoms with E-state index in [1.807, 2.05) is 0 Å². The second-order valence-electron chi connectivity index (χ2n) is 7.48.